The highest BCUT2D eigenvalue weighted by Gasteiger charge is 2.25. The minimum atomic E-state index is -1.25. The van der Waals surface area contributed by atoms with Gasteiger partial charge in [0.05, 0.1) is 12.2 Å². The van der Waals surface area contributed by atoms with Crippen LogP contribution in [0.3, 0.4) is 0 Å². The van der Waals surface area contributed by atoms with Crippen molar-refractivity contribution in [1.29, 1.82) is 0 Å². The summed E-state index contributed by atoms with van der Waals surface area (Å²) in [6.07, 6.45) is 29.9. The Hall–Kier alpha value is -1.40. The van der Waals surface area contributed by atoms with Crippen LogP contribution in [0.15, 0.2) is 11.6 Å². The second-order valence-corrected chi connectivity index (χ2v) is 12.0. The van der Waals surface area contributed by atoms with Crippen LogP contribution in [0.25, 0.3) is 0 Å². The maximum atomic E-state index is 11.7. The van der Waals surface area contributed by atoms with E-state index in [2.05, 4.69) is 6.92 Å². The van der Waals surface area contributed by atoms with Crippen molar-refractivity contribution >= 4 is 11.9 Å². The molecule has 0 amide bonds. The van der Waals surface area contributed by atoms with Gasteiger partial charge in [0.25, 0.3) is 0 Å². The number of unbranched alkanes of at least 4 members (excludes halogenated alkanes) is 21. The van der Waals surface area contributed by atoms with Gasteiger partial charge in [0.15, 0.2) is 0 Å². The highest BCUT2D eigenvalue weighted by atomic mass is 16.4. The normalized spacial score (nSPS) is 13.4. The maximum Gasteiger partial charge on any atom is 0.331 e. The van der Waals surface area contributed by atoms with Gasteiger partial charge in [-0.2, -0.15) is 0 Å². The summed E-state index contributed by atoms with van der Waals surface area (Å²) in [7, 11) is 0. The first-order chi connectivity index (χ1) is 19.3. The number of carboxylic acid groups (broad SMARTS) is 2. The molecule has 0 aromatic heterocycles. The summed E-state index contributed by atoms with van der Waals surface area (Å²) in [4.78, 5) is 22.2. The molecule has 0 aromatic rings. The third kappa shape index (κ3) is 25.6. The van der Waals surface area contributed by atoms with Crippen LogP contribution in [0.1, 0.15) is 180 Å². The van der Waals surface area contributed by atoms with E-state index in [1.54, 1.807) is 6.08 Å². The lowest BCUT2D eigenvalue weighted by atomic mass is 9.91. The van der Waals surface area contributed by atoms with Crippen molar-refractivity contribution in [1.82, 2.24) is 0 Å². The molecule has 0 radical (unpaired) electrons. The summed E-state index contributed by atoms with van der Waals surface area (Å²) in [5.41, 5.74) is -0.894. The summed E-state index contributed by atoms with van der Waals surface area (Å²) in [5.74, 6) is -1.64. The molecule has 0 spiro atoms. The number of hydrogen-bond donors (Lipinski definition) is 4. The Morgan fingerprint density at radius 1 is 0.575 bits per heavy atom. The van der Waals surface area contributed by atoms with Gasteiger partial charge in [-0.25, -0.2) is 4.79 Å². The van der Waals surface area contributed by atoms with Crippen molar-refractivity contribution in [2.75, 3.05) is 6.61 Å². The Bertz CT molecular complexity index is 632. The van der Waals surface area contributed by atoms with E-state index in [0.717, 1.165) is 77.0 Å². The molecule has 40 heavy (non-hydrogen) atoms. The maximum absolute atomic E-state index is 11.7. The number of rotatable bonds is 31. The molecule has 0 fully saturated rings. The lowest BCUT2D eigenvalue weighted by Gasteiger charge is -2.24. The smallest absolute Gasteiger partial charge is 0.331 e. The minimum Gasteiger partial charge on any atom is -0.481 e. The van der Waals surface area contributed by atoms with Gasteiger partial charge in [-0.15, -0.1) is 0 Å². The molecule has 0 saturated heterocycles. The van der Waals surface area contributed by atoms with E-state index in [1.807, 2.05) is 0 Å². The molecule has 1 unspecified atom stereocenters. The Labute approximate surface area is 246 Å². The van der Waals surface area contributed by atoms with E-state index in [-0.39, 0.29) is 19.4 Å². The molecule has 6 heteroatoms. The first-order valence-electron chi connectivity index (χ1n) is 16.8. The van der Waals surface area contributed by atoms with Gasteiger partial charge in [-0.1, -0.05) is 148 Å². The highest BCUT2D eigenvalue weighted by molar-refractivity contribution is 5.86. The van der Waals surface area contributed by atoms with Gasteiger partial charge in [-0.3, -0.25) is 4.79 Å². The fourth-order valence-corrected chi connectivity index (χ4v) is 5.33. The Morgan fingerprint density at radius 2 is 0.950 bits per heavy atom. The van der Waals surface area contributed by atoms with Gasteiger partial charge in [0.1, 0.15) is 0 Å². The van der Waals surface area contributed by atoms with Crippen LogP contribution >= 0.6 is 0 Å². The molecule has 236 valence electrons. The van der Waals surface area contributed by atoms with E-state index in [4.69, 9.17) is 5.11 Å². The Balaban J connectivity index is 3.92. The van der Waals surface area contributed by atoms with Crippen LogP contribution < -0.4 is 0 Å². The monoisotopic (exact) mass is 568 g/mol. The highest BCUT2D eigenvalue weighted by Crippen LogP contribution is 2.23. The number of carbonyl (C=O) groups is 2. The fourth-order valence-electron chi connectivity index (χ4n) is 5.33. The molecular formula is C34H64O6. The van der Waals surface area contributed by atoms with Gasteiger partial charge in [-0.05, 0) is 32.1 Å². The number of aliphatic carboxylic acids is 2. The summed E-state index contributed by atoms with van der Waals surface area (Å²) < 4.78 is 0. The summed E-state index contributed by atoms with van der Waals surface area (Å²) in [6, 6.07) is 0. The van der Waals surface area contributed by atoms with Crippen LogP contribution in [-0.2, 0) is 9.59 Å². The topological polar surface area (TPSA) is 115 Å². The molecule has 0 rings (SSSR count). The van der Waals surface area contributed by atoms with Crippen LogP contribution in [0.4, 0.5) is 0 Å². The van der Waals surface area contributed by atoms with Crippen molar-refractivity contribution in [3.05, 3.63) is 11.6 Å². The third-order valence-electron chi connectivity index (χ3n) is 8.13. The van der Waals surface area contributed by atoms with Crippen molar-refractivity contribution in [3.63, 3.8) is 0 Å². The second kappa shape index (κ2) is 27.8. The lowest BCUT2D eigenvalue weighted by Crippen LogP contribution is -2.32. The zero-order valence-electron chi connectivity index (χ0n) is 26.0. The SMILES string of the molecule is CCCCCCCCCCCCCCCC/C(=C\CC(O)(CO)CCCCCCCCCCCC(=O)O)C(=O)O. The molecule has 0 aliphatic rings. The fraction of sp³-hybridized carbons (Fsp3) is 0.882. The van der Waals surface area contributed by atoms with Crippen LogP contribution in [0, 0.1) is 0 Å². The molecule has 0 saturated carbocycles. The first-order valence-corrected chi connectivity index (χ1v) is 16.8. The number of aliphatic hydroxyl groups is 2. The molecule has 0 heterocycles. The van der Waals surface area contributed by atoms with E-state index >= 15 is 0 Å². The molecular weight excluding hydrogens is 504 g/mol. The van der Waals surface area contributed by atoms with Crippen molar-refractivity contribution in [2.24, 2.45) is 0 Å². The van der Waals surface area contributed by atoms with E-state index in [1.165, 1.54) is 70.6 Å². The first kappa shape index (κ1) is 38.6. The quantitative estimate of drug-likeness (QED) is 0.0489. The van der Waals surface area contributed by atoms with E-state index < -0.39 is 17.5 Å². The van der Waals surface area contributed by atoms with Crippen LogP contribution in [0.2, 0.25) is 0 Å². The van der Waals surface area contributed by atoms with Crippen LogP contribution in [-0.4, -0.2) is 44.6 Å². The standard InChI is InChI=1S/C34H64O6/c1-2-3-4-5-6-7-8-9-10-11-13-16-19-22-25-31(33(38)39)27-29-34(40,30-35)28-24-21-18-15-12-14-17-20-23-26-32(36)37/h27,35,40H,2-26,28-30H2,1H3,(H,36,37)(H,38,39)/b31-27+. The second-order valence-electron chi connectivity index (χ2n) is 12.0. The summed E-state index contributed by atoms with van der Waals surface area (Å²) in [6.45, 7) is 1.90. The van der Waals surface area contributed by atoms with Gasteiger partial charge >= 0.3 is 11.9 Å². The van der Waals surface area contributed by atoms with Gasteiger partial charge in [0, 0.05) is 12.0 Å². The molecule has 0 aliphatic heterocycles. The average Bonchev–Trinajstić information content (AvgIpc) is 2.93. The van der Waals surface area contributed by atoms with E-state index in [9.17, 15) is 24.9 Å². The molecule has 0 aromatic carbocycles. The molecule has 6 nitrogen and oxygen atoms in total. The average molecular weight is 569 g/mol. The minimum absolute atomic E-state index is 0.181. The summed E-state index contributed by atoms with van der Waals surface area (Å²) in [5, 5.41) is 38.8. The number of hydrogen-bond acceptors (Lipinski definition) is 4. The molecule has 0 bridgehead atoms. The third-order valence-corrected chi connectivity index (χ3v) is 8.13. The zero-order valence-corrected chi connectivity index (χ0v) is 26.0. The predicted octanol–water partition coefficient (Wildman–Crippen LogP) is 9.36. The van der Waals surface area contributed by atoms with Crippen LogP contribution in [0.5, 0.6) is 0 Å². The molecule has 1 atom stereocenters. The number of carboxylic acids is 2. The zero-order chi connectivity index (χ0) is 29.7. The van der Waals surface area contributed by atoms with Gasteiger partial charge < -0.3 is 20.4 Å². The Morgan fingerprint density at radius 3 is 1.32 bits per heavy atom. The number of aliphatic hydroxyl groups excluding tert-OH is 1. The van der Waals surface area contributed by atoms with Gasteiger partial charge in [0.2, 0.25) is 0 Å². The van der Waals surface area contributed by atoms with Crippen molar-refractivity contribution < 1.29 is 30.0 Å². The largest absolute Gasteiger partial charge is 0.481 e. The Kier molecular flexibility index (Phi) is 26.8. The van der Waals surface area contributed by atoms with E-state index in [0.29, 0.717) is 18.4 Å². The molecule has 0 aliphatic carbocycles. The lowest BCUT2D eigenvalue weighted by molar-refractivity contribution is -0.137. The van der Waals surface area contributed by atoms with Crippen molar-refractivity contribution in [3.8, 4) is 0 Å². The van der Waals surface area contributed by atoms with Crippen molar-refractivity contribution in [2.45, 2.75) is 186 Å². The summed E-state index contributed by atoms with van der Waals surface area (Å²) >= 11 is 0. The molecule has 4 N–H and O–H groups in total. The predicted molar refractivity (Wildman–Crippen MR) is 166 cm³/mol.